The van der Waals surface area contributed by atoms with E-state index in [9.17, 15) is 13.0 Å². The first-order chi connectivity index (χ1) is 24.9. The number of unbranched alkanes of at least 4 members (excludes halogenated alkanes) is 34. The van der Waals surface area contributed by atoms with Crippen LogP contribution in [0.5, 0.6) is 0 Å². The molecule has 308 valence electrons. The molecule has 0 fully saturated rings. The predicted molar refractivity (Wildman–Crippen MR) is 229 cm³/mol. The molecule has 0 aromatic rings. The molecule has 0 amide bonds. The first-order valence-electron chi connectivity index (χ1n) is 23.7. The predicted octanol–water partition coefficient (Wildman–Crippen LogP) is 15.6. The average Bonchev–Trinajstić information content (AvgIpc) is 3.11. The molecule has 0 rings (SSSR count). The number of hydrogen-bond donors (Lipinski definition) is 1. The Balaban J connectivity index is 4.81. The maximum atomic E-state index is 11.5. The Bertz CT molecular complexity index is 701. The van der Waals surface area contributed by atoms with Crippen molar-refractivity contribution < 1.29 is 17.5 Å². The zero-order valence-electron chi connectivity index (χ0n) is 35.5. The standard InChI is InChI=1S/C46H95NO3S/c1-4-7-10-13-16-19-22-25-28-31-34-37-42-47(45-40-41-46-51(48,49)50,43-38-35-32-29-26-23-20-17-14-11-8-5-2)44-39-36-33-30-27-24-21-18-15-12-9-6-3/h4-46H2,1-3H3/p+1. The van der Waals surface area contributed by atoms with E-state index in [0.717, 1.165) is 13.0 Å². The summed E-state index contributed by atoms with van der Waals surface area (Å²) in [4.78, 5) is 0. The summed E-state index contributed by atoms with van der Waals surface area (Å²) in [7, 11) is -3.87. The van der Waals surface area contributed by atoms with Crippen LogP contribution in [0.2, 0.25) is 0 Å². The van der Waals surface area contributed by atoms with Crippen LogP contribution in [0.4, 0.5) is 0 Å². The summed E-state index contributed by atoms with van der Waals surface area (Å²) in [6.45, 7) is 11.8. The van der Waals surface area contributed by atoms with E-state index in [2.05, 4.69) is 20.8 Å². The fourth-order valence-corrected chi connectivity index (χ4v) is 8.84. The molecule has 0 unspecified atom stereocenters. The van der Waals surface area contributed by atoms with Crippen LogP contribution in [0.1, 0.15) is 265 Å². The molecule has 0 atom stereocenters. The number of hydrogen-bond acceptors (Lipinski definition) is 2. The third kappa shape index (κ3) is 39.4. The molecule has 0 bridgehead atoms. The van der Waals surface area contributed by atoms with Crippen molar-refractivity contribution in [2.24, 2.45) is 0 Å². The van der Waals surface area contributed by atoms with Gasteiger partial charge in [-0.2, -0.15) is 8.42 Å². The van der Waals surface area contributed by atoms with E-state index in [-0.39, 0.29) is 5.75 Å². The summed E-state index contributed by atoms with van der Waals surface area (Å²) in [5.74, 6) is -0.0805. The first-order valence-corrected chi connectivity index (χ1v) is 25.3. The summed E-state index contributed by atoms with van der Waals surface area (Å²) in [5, 5.41) is 0. The molecule has 1 N–H and O–H groups in total. The van der Waals surface area contributed by atoms with Crippen molar-refractivity contribution in [3.63, 3.8) is 0 Å². The van der Waals surface area contributed by atoms with E-state index in [1.165, 1.54) is 255 Å². The second-order valence-electron chi connectivity index (χ2n) is 16.9. The van der Waals surface area contributed by atoms with Crippen LogP contribution in [0.15, 0.2) is 0 Å². The molecule has 0 heterocycles. The van der Waals surface area contributed by atoms with Gasteiger partial charge in [-0.25, -0.2) is 0 Å². The minimum Gasteiger partial charge on any atom is -0.324 e. The van der Waals surface area contributed by atoms with Gasteiger partial charge in [-0.05, 0) is 51.4 Å². The molecular weight excluding hydrogens is 647 g/mol. The lowest BCUT2D eigenvalue weighted by Gasteiger charge is -2.39. The van der Waals surface area contributed by atoms with Crippen molar-refractivity contribution in [3.05, 3.63) is 0 Å². The largest absolute Gasteiger partial charge is 0.324 e. The smallest absolute Gasteiger partial charge is 0.264 e. The molecule has 0 radical (unpaired) electrons. The molecule has 0 spiro atoms. The molecular formula is C46H96NO3S+. The van der Waals surface area contributed by atoms with Gasteiger partial charge < -0.3 is 4.48 Å². The van der Waals surface area contributed by atoms with Crippen LogP contribution in [-0.2, 0) is 10.1 Å². The monoisotopic (exact) mass is 743 g/mol. The van der Waals surface area contributed by atoms with Crippen LogP contribution in [0, 0.1) is 0 Å². The summed E-state index contributed by atoms with van der Waals surface area (Å²) < 4.78 is 33.6. The molecule has 0 aromatic heterocycles. The third-order valence-corrected chi connectivity index (χ3v) is 12.5. The fourth-order valence-electron chi connectivity index (χ4n) is 8.27. The van der Waals surface area contributed by atoms with Crippen molar-refractivity contribution >= 4 is 10.1 Å². The van der Waals surface area contributed by atoms with Crippen LogP contribution >= 0.6 is 0 Å². The van der Waals surface area contributed by atoms with Crippen LogP contribution < -0.4 is 0 Å². The van der Waals surface area contributed by atoms with Gasteiger partial charge >= 0.3 is 0 Å². The Hall–Kier alpha value is -0.130. The lowest BCUT2D eigenvalue weighted by Crippen LogP contribution is -2.51. The van der Waals surface area contributed by atoms with Crippen molar-refractivity contribution in [3.8, 4) is 0 Å². The van der Waals surface area contributed by atoms with Crippen LogP contribution in [0.25, 0.3) is 0 Å². The molecule has 5 heteroatoms. The normalized spacial score (nSPS) is 12.3. The quantitative estimate of drug-likeness (QED) is 0.0384. The summed E-state index contributed by atoms with van der Waals surface area (Å²) in [6.07, 6.45) is 51.5. The number of nitrogens with zero attached hydrogens (tertiary/aromatic N) is 1. The molecule has 0 aliphatic heterocycles. The highest BCUT2D eigenvalue weighted by atomic mass is 32.2. The second kappa shape index (κ2) is 39.6. The molecule has 0 saturated heterocycles. The van der Waals surface area contributed by atoms with Gasteiger partial charge in [-0.3, -0.25) is 4.55 Å². The Morgan fingerprint density at radius 3 is 0.667 bits per heavy atom. The van der Waals surface area contributed by atoms with E-state index in [1.807, 2.05) is 0 Å². The molecule has 0 aliphatic carbocycles. The summed E-state index contributed by atoms with van der Waals surface area (Å²) in [5.41, 5.74) is 0. The maximum Gasteiger partial charge on any atom is 0.264 e. The third-order valence-electron chi connectivity index (χ3n) is 11.7. The van der Waals surface area contributed by atoms with Crippen molar-refractivity contribution in [2.45, 2.75) is 265 Å². The SMILES string of the molecule is CCCCCCCCCCCCCC[N+](CCCCCCCCCCCCCC)(CCCCCCCCCCCCCC)CCCCS(=O)(=O)O. The van der Waals surface area contributed by atoms with Crippen molar-refractivity contribution in [1.29, 1.82) is 0 Å². The minimum atomic E-state index is -3.87. The Labute approximate surface area is 323 Å². The second-order valence-corrected chi connectivity index (χ2v) is 18.5. The summed E-state index contributed by atoms with van der Waals surface area (Å²) in [6, 6.07) is 0. The molecule has 4 nitrogen and oxygen atoms in total. The zero-order valence-corrected chi connectivity index (χ0v) is 36.3. The van der Waals surface area contributed by atoms with Gasteiger partial charge in [0.05, 0.1) is 31.9 Å². The Morgan fingerprint density at radius 1 is 0.294 bits per heavy atom. The van der Waals surface area contributed by atoms with Gasteiger partial charge in [0.25, 0.3) is 10.1 Å². The maximum absolute atomic E-state index is 11.5. The molecule has 51 heavy (non-hydrogen) atoms. The molecule has 0 aliphatic rings. The van der Waals surface area contributed by atoms with Gasteiger partial charge in [-0.15, -0.1) is 0 Å². The van der Waals surface area contributed by atoms with Gasteiger partial charge in [0.2, 0.25) is 0 Å². The van der Waals surface area contributed by atoms with Crippen LogP contribution in [0.3, 0.4) is 0 Å². The highest BCUT2D eigenvalue weighted by Crippen LogP contribution is 2.21. The lowest BCUT2D eigenvalue weighted by atomic mass is 10.0. The van der Waals surface area contributed by atoms with E-state index in [0.29, 0.717) is 6.42 Å². The van der Waals surface area contributed by atoms with E-state index < -0.39 is 10.1 Å². The van der Waals surface area contributed by atoms with Crippen molar-refractivity contribution in [2.75, 3.05) is 31.9 Å². The van der Waals surface area contributed by atoms with E-state index >= 15 is 0 Å². The number of rotatable bonds is 44. The van der Waals surface area contributed by atoms with Gasteiger partial charge in [-0.1, -0.05) is 213 Å². The van der Waals surface area contributed by atoms with E-state index in [1.54, 1.807) is 0 Å². The van der Waals surface area contributed by atoms with E-state index in [4.69, 9.17) is 0 Å². The molecule has 0 aromatic carbocycles. The highest BCUT2D eigenvalue weighted by Gasteiger charge is 2.26. The average molecular weight is 743 g/mol. The zero-order chi connectivity index (χ0) is 37.4. The lowest BCUT2D eigenvalue weighted by molar-refractivity contribution is -0.929. The van der Waals surface area contributed by atoms with Gasteiger partial charge in [0, 0.05) is 0 Å². The fraction of sp³-hybridized carbons (Fsp3) is 1.00. The topological polar surface area (TPSA) is 54.4 Å². The molecule has 0 saturated carbocycles. The van der Waals surface area contributed by atoms with Gasteiger partial charge in [0.1, 0.15) is 0 Å². The van der Waals surface area contributed by atoms with Gasteiger partial charge in [0.15, 0.2) is 0 Å². The summed E-state index contributed by atoms with van der Waals surface area (Å²) >= 11 is 0. The Morgan fingerprint density at radius 2 is 0.471 bits per heavy atom. The Kier molecular flexibility index (Phi) is 39.5. The number of quaternary nitrogens is 1. The van der Waals surface area contributed by atoms with Crippen LogP contribution in [-0.4, -0.2) is 49.4 Å². The minimum absolute atomic E-state index is 0.0805. The highest BCUT2D eigenvalue weighted by molar-refractivity contribution is 7.85. The first kappa shape index (κ1) is 50.9. The van der Waals surface area contributed by atoms with Crippen molar-refractivity contribution in [1.82, 2.24) is 0 Å².